The molecule has 0 saturated carbocycles. The van der Waals surface area contributed by atoms with Gasteiger partial charge in [-0.3, -0.25) is 14.4 Å². The van der Waals surface area contributed by atoms with Gasteiger partial charge in [0.25, 0.3) is 0 Å². The first-order valence-electron chi connectivity index (χ1n) is 35.4. The van der Waals surface area contributed by atoms with E-state index in [4.69, 9.17) is 14.2 Å². The van der Waals surface area contributed by atoms with E-state index in [1.807, 2.05) is 0 Å². The molecule has 0 heterocycles. The van der Waals surface area contributed by atoms with Gasteiger partial charge in [0.05, 0.1) is 0 Å². The van der Waals surface area contributed by atoms with Crippen molar-refractivity contribution in [3.63, 3.8) is 0 Å². The lowest BCUT2D eigenvalue weighted by Gasteiger charge is -2.18. The molecule has 0 saturated heterocycles. The number of ether oxygens (including phenoxy) is 3. The summed E-state index contributed by atoms with van der Waals surface area (Å²) in [6, 6.07) is 0. The van der Waals surface area contributed by atoms with Gasteiger partial charge in [-0.05, 0) is 25.2 Å². The Bertz CT molecular complexity index is 1170. The summed E-state index contributed by atoms with van der Waals surface area (Å²) in [5, 5.41) is 0. The SMILES string of the molecule is CCCCCCCCCCCCCCCCCCCCCC(=O)OC[C@@H](COC(=O)CCCCCCCCCCCCCCCCCCCCC(C)C)OC(=O)CCCCCCCCCCCCCCCCCCCCC. The van der Waals surface area contributed by atoms with Crippen molar-refractivity contribution in [1.82, 2.24) is 0 Å². The Kier molecular flexibility index (Phi) is 63.9. The summed E-state index contributed by atoms with van der Waals surface area (Å²) in [5.41, 5.74) is 0. The molecule has 77 heavy (non-hydrogen) atoms. The molecule has 0 aromatic carbocycles. The van der Waals surface area contributed by atoms with Crippen LogP contribution >= 0.6 is 0 Å². The first kappa shape index (κ1) is 75.4. The fraction of sp³-hybridized carbons (Fsp3) is 0.958. The van der Waals surface area contributed by atoms with Crippen LogP contribution in [-0.4, -0.2) is 37.2 Å². The normalized spacial score (nSPS) is 12.0. The third-order valence-corrected chi connectivity index (χ3v) is 16.5. The van der Waals surface area contributed by atoms with Crippen molar-refractivity contribution in [2.24, 2.45) is 5.92 Å². The summed E-state index contributed by atoms with van der Waals surface area (Å²) in [6.45, 7) is 9.12. The Morgan fingerprint density at radius 1 is 0.247 bits per heavy atom. The third-order valence-electron chi connectivity index (χ3n) is 16.5. The van der Waals surface area contributed by atoms with Gasteiger partial charge in [-0.1, -0.05) is 374 Å². The van der Waals surface area contributed by atoms with E-state index in [2.05, 4.69) is 27.7 Å². The maximum absolute atomic E-state index is 13.0. The molecule has 0 unspecified atom stereocenters. The van der Waals surface area contributed by atoms with Crippen LogP contribution in [0.2, 0.25) is 0 Å². The summed E-state index contributed by atoms with van der Waals surface area (Å²) >= 11 is 0. The highest BCUT2D eigenvalue weighted by Crippen LogP contribution is 2.20. The van der Waals surface area contributed by atoms with Gasteiger partial charge in [0, 0.05) is 19.3 Å². The summed E-state index contributed by atoms with van der Waals surface area (Å²) < 4.78 is 17.0. The fourth-order valence-corrected chi connectivity index (χ4v) is 11.2. The second-order valence-electron chi connectivity index (χ2n) is 25.0. The molecule has 458 valence electrons. The lowest BCUT2D eigenvalue weighted by molar-refractivity contribution is -0.167. The van der Waals surface area contributed by atoms with Gasteiger partial charge in [0.15, 0.2) is 6.10 Å². The van der Waals surface area contributed by atoms with Crippen LogP contribution in [0.5, 0.6) is 0 Å². The number of hydrogen-bond acceptors (Lipinski definition) is 6. The van der Waals surface area contributed by atoms with Crippen LogP contribution in [0.25, 0.3) is 0 Å². The standard InChI is InChI=1S/C71H138O6/c1-5-7-9-11-13-15-17-19-21-23-25-30-34-38-42-46-50-54-58-62-69(72)75-65-68(77-71(74)64-60-56-52-48-44-40-36-32-26-24-22-20-18-16-14-12-10-8-6-2)66-76-70(73)63-59-55-51-47-43-39-35-31-28-27-29-33-37-41-45-49-53-57-61-67(3)4/h67-68H,5-66H2,1-4H3/t68-/m0/s1. The first-order valence-corrected chi connectivity index (χ1v) is 35.4. The molecule has 0 aromatic heterocycles. The number of carbonyl (C=O) groups excluding carboxylic acids is 3. The van der Waals surface area contributed by atoms with Gasteiger partial charge in [0.2, 0.25) is 0 Å². The van der Waals surface area contributed by atoms with Gasteiger partial charge in [-0.25, -0.2) is 0 Å². The predicted octanol–water partition coefficient (Wildman–Crippen LogP) is 24.1. The highest BCUT2D eigenvalue weighted by Gasteiger charge is 2.20. The maximum Gasteiger partial charge on any atom is 0.306 e. The van der Waals surface area contributed by atoms with Crippen LogP contribution in [0.4, 0.5) is 0 Å². The summed E-state index contributed by atoms with van der Waals surface area (Å²) in [6.07, 6.45) is 75.5. The van der Waals surface area contributed by atoms with E-state index >= 15 is 0 Å². The van der Waals surface area contributed by atoms with Crippen LogP contribution in [0, 0.1) is 5.92 Å². The molecule has 0 aliphatic heterocycles. The molecule has 6 heteroatoms. The van der Waals surface area contributed by atoms with Crippen LogP contribution in [0.3, 0.4) is 0 Å². The molecule has 0 aromatic rings. The van der Waals surface area contributed by atoms with Crippen molar-refractivity contribution in [1.29, 1.82) is 0 Å². The Labute approximate surface area is 482 Å². The highest BCUT2D eigenvalue weighted by atomic mass is 16.6. The van der Waals surface area contributed by atoms with Crippen molar-refractivity contribution in [2.75, 3.05) is 13.2 Å². The lowest BCUT2D eigenvalue weighted by atomic mass is 10.0. The minimum absolute atomic E-state index is 0.0605. The van der Waals surface area contributed by atoms with Crippen molar-refractivity contribution >= 4 is 17.9 Å². The smallest absolute Gasteiger partial charge is 0.306 e. The molecule has 6 nitrogen and oxygen atoms in total. The third kappa shape index (κ3) is 65.1. The number of unbranched alkanes of at least 4 members (excludes halogenated alkanes) is 53. The largest absolute Gasteiger partial charge is 0.462 e. The van der Waals surface area contributed by atoms with Gasteiger partial charge >= 0.3 is 17.9 Å². The number of esters is 3. The second kappa shape index (κ2) is 65.2. The zero-order chi connectivity index (χ0) is 55.8. The number of rotatable bonds is 66. The molecular weight excluding hydrogens is 949 g/mol. The van der Waals surface area contributed by atoms with E-state index in [9.17, 15) is 14.4 Å². The monoisotopic (exact) mass is 1090 g/mol. The van der Waals surface area contributed by atoms with Crippen LogP contribution in [0.15, 0.2) is 0 Å². The highest BCUT2D eigenvalue weighted by molar-refractivity contribution is 5.71. The lowest BCUT2D eigenvalue weighted by Crippen LogP contribution is -2.30. The average molecular weight is 1090 g/mol. The molecule has 0 amide bonds. The Hall–Kier alpha value is -1.59. The number of hydrogen-bond donors (Lipinski definition) is 0. The molecule has 1 atom stereocenters. The quantitative estimate of drug-likeness (QED) is 0.0343. The van der Waals surface area contributed by atoms with Crippen LogP contribution < -0.4 is 0 Å². The maximum atomic E-state index is 13.0. The van der Waals surface area contributed by atoms with Crippen molar-refractivity contribution in [3.05, 3.63) is 0 Å². The summed E-state index contributed by atoms with van der Waals surface area (Å²) in [5.74, 6) is 0.0395. The summed E-state index contributed by atoms with van der Waals surface area (Å²) in [7, 11) is 0. The van der Waals surface area contributed by atoms with Crippen LogP contribution in [-0.2, 0) is 28.6 Å². The minimum Gasteiger partial charge on any atom is -0.462 e. The van der Waals surface area contributed by atoms with Gasteiger partial charge in [-0.15, -0.1) is 0 Å². The van der Waals surface area contributed by atoms with Crippen molar-refractivity contribution in [2.45, 2.75) is 419 Å². The van der Waals surface area contributed by atoms with Gasteiger partial charge in [-0.2, -0.15) is 0 Å². The molecule has 0 N–H and O–H groups in total. The van der Waals surface area contributed by atoms with E-state index < -0.39 is 6.10 Å². The van der Waals surface area contributed by atoms with E-state index in [-0.39, 0.29) is 31.1 Å². The molecule has 0 bridgehead atoms. The Morgan fingerprint density at radius 3 is 0.636 bits per heavy atom. The fourth-order valence-electron chi connectivity index (χ4n) is 11.2. The molecule has 0 radical (unpaired) electrons. The zero-order valence-corrected chi connectivity index (χ0v) is 52.9. The molecule has 0 spiro atoms. The molecular formula is C71H138O6. The van der Waals surface area contributed by atoms with Gasteiger partial charge < -0.3 is 14.2 Å². The second-order valence-corrected chi connectivity index (χ2v) is 25.0. The van der Waals surface area contributed by atoms with E-state index in [0.29, 0.717) is 19.3 Å². The molecule has 0 aliphatic rings. The zero-order valence-electron chi connectivity index (χ0n) is 52.9. The Morgan fingerprint density at radius 2 is 0.429 bits per heavy atom. The predicted molar refractivity (Wildman–Crippen MR) is 335 cm³/mol. The molecule has 0 aliphatic carbocycles. The minimum atomic E-state index is -0.764. The first-order chi connectivity index (χ1) is 37.9. The molecule has 0 fully saturated rings. The van der Waals surface area contributed by atoms with Gasteiger partial charge in [0.1, 0.15) is 13.2 Å². The van der Waals surface area contributed by atoms with E-state index in [1.54, 1.807) is 0 Å². The van der Waals surface area contributed by atoms with Crippen molar-refractivity contribution < 1.29 is 28.6 Å². The van der Waals surface area contributed by atoms with E-state index in [1.165, 1.54) is 308 Å². The van der Waals surface area contributed by atoms with Crippen LogP contribution in [0.1, 0.15) is 413 Å². The topological polar surface area (TPSA) is 78.9 Å². The van der Waals surface area contributed by atoms with E-state index in [0.717, 1.165) is 63.7 Å². The van der Waals surface area contributed by atoms with Crippen molar-refractivity contribution in [3.8, 4) is 0 Å². The summed E-state index contributed by atoms with van der Waals surface area (Å²) in [4.78, 5) is 38.5. The molecule has 0 rings (SSSR count). The number of carbonyl (C=O) groups is 3. The Balaban J connectivity index is 4.27. The average Bonchev–Trinajstić information content (AvgIpc) is 3.42.